The summed E-state index contributed by atoms with van der Waals surface area (Å²) in [6.07, 6.45) is 0. The highest BCUT2D eigenvalue weighted by Crippen LogP contribution is 2.45. The minimum Gasteiger partial charge on any atom is -0.493 e. The number of esters is 1. The third-order valence-corrected chi connectivity index (χ3v) is 6.58. The maximum Gasteiger partial charge on any atom is 0.379 e. The van der Waals surface area contributed by atoms with Gasteiger partial charge in [-0.25, -0.2) is 9.18 Å². The van der Waals surface area contributed by atoms with Gasteiger partial charge >= 0.3 is 5.97 Å². The van der Waals surface area contributed by atoms with Crippen LogP contribution >= 0.6 is 0 Å². The number of nitriles is 1. The summed E-state index contributed by atoms with van der Waals surface area (Å²) in [6.45, 7) is 6.29. The lowest BCUT2D eigenvalue weighted by molar-refractivity contribution is 0.0702. The standard InChI is InChI=1S/C31H27FN2O6/c1-16(2)15-37-25-9-5-18(11-27(25)36-4)28-21-8-7-20(13-26(21)40-30(34)23(28)14-33)38-31(35)29-17(3)22-12-19(32)6-10-24(22)39-29/h5-13,16,28H,15,34H2,1-4H3. The van der Waals surface area contributed by atoms with Crippen molar-refractivity contribution in [2.24, 2.45) is 11.7 Å². The molecule has 1 unspecified atom stereocenters. The van der Waals surface area contributed by atoms with Gasteiger partial charge in [-0.3, -0.25) is 0 Å². The summed E-state index contributed by atoms with van der Waals surface area (Å²) in [4.78, 5) is 13.0. The van der Waals surface area contributed by atoms with Crippen molar-refractivity contribution in [2.45, 2.75) is 26.7 Å². The Morgan fingerprint density at radius 2 is 1.93 bits per heavy atom. The number of rotatable bonds is 7. The first kappa shape index (κ1) is 26.6. The highest BCUT2D eigenvalue weighted by molar-refractivity contribution is 5.96. The number of aryl methyl sites for hydroxylation is 1. The van der Waals surface area contributed by atoms with Crippen LogP contribution in [0.2, 0.25) is 0 Å². The van der Waals surface area contributed by atoms with Crippen LogP contribution in [0.1, 0.15) is 47.0 Å². The monoisotopic (exact) mass is 542 g/mol. The quantitative estimate of drug-likeness (QED) is 0.212. The smallest absolute Gasteiger partial charge is 0.379 e. The van der Waals surface area contributed by atoms with Gasteiger partial charge in [-0.2, -0.15) is 5.26 Å². The van der Waals surface area contributed by atoms with Gasteiger partial charge in [0.05, 0.1) is 19.6 Å². The number of carbonyl (C=O) groups excluding carboxylic acids is 1. The topological polar surface area (TPSA) is 117 Å². The molecule has 2 N–H and O–H groups in total. The van der Waals surface area contributed by atoms with E-state index >= 15 is 0 Å². The number of halogens is 1. The molecule has 0 amide bonds. The Hall–Kier alpha value is -4.97. The fourth-order valence-corrected chi connectivity index (χ4v) is 4.62. The first-order valence-electron chi connectivity index (χ1n) is 12.6. The molecule has 1 aliphatic heterocycles. The number of ether oxygens (including phenoxy) is 4. The Balaban J connectivity index is 1.47. The molecule has 1 aromatic heterocycles. The zero-order valence-electron chi connectivity index (χ0n) is 22.4. The summed E-state index contributed by atoms with van der Waals surface area (Å²) in [5.41, 5.74) is 8.63. The Labute approximate surface area is 230 Å². The van der Waals surface area contributed by atoms with Crippen molar-refractivity contribution < 1.29 is 32.5 Å². The summed E-state index contributed by atoms with van der Waals surface area (Å²) < 4.78 is 42.1. The van der Waals surface area contributed by atoms with E-state index in [4.69, 9.17) is 29.1 Å². The van der Waals surface area contributed by atoms with Crippen LogP contribution < -0.4 is 24.7 Å². The molecule has 4 aromatic rings. The molecule has 2 heterocycles. The number of allylic oxidation sites excluding steroid dienone is 1. The number of nitrogens with zero attached hydrogens (tertiary/aromatic N) is 1. The second-order valence-electron chi connectivity index (χ2n) is 9.83. The van der Waals surface area contributed by atoms with Crippen LogP contribution in [0.3, 0.4) is 0 Å². The van der Waals surface area contributed by atoms with E-state index in [2.05, 4.69) is 19.9 Å². The molecule has 0 saturated carbocycles. The van der Waals surface area contributed by atoms with Crippen molar-refractivity contribution in [3.63, 3.8) is 0 Å². The molecule has 3 aromatic carbocycles. The van der Waals surface area contributed by atoms with E-state index in [1.807, 2.05) is 6.07 Å². The van der Waals surface area contributed by atoms with Crippen molar-refractivity contribution in [1.82, 2.24) is 0 Å². The van der Waals surface area contributed by atoms with Crippen LogP contribution in [-0.4, -0.2) is 19.7 Å². The number of fused-ring (bicyclic) bond motifs is 2. The van der Waals surface area contributed by atoms with Crippen LogP contribution in [-0.2, 0) is 0 Å². The van der Waals surface area contributed by atoms with Gasteiger partial charge in [-0.1, -0.05) is 26.0 Å². The average Bonchev–Trinajstić information content (AvgIpc) is 3.26. The summed E-state index contributed by atoms with van der Waals surface area (Å²) >= 11 is 0. The Morgan fingerprint density at radius 3 is 2.65 bits per heavy atom. The number of furan rings is 1. The molecule has 0 radical (unpaired) electrons. The van der Waals surface area contributed by atoms with Crippen LogP contribution in [0.25, 0.3) is 11.0 Å². The van der Waals surface area contributed by atoms with E-state index in [0.29, 0.717) is 51.9 Å². The van der Waals surface area contributed by atoms with Crippen LogP contribution in [0, 0.1) is 30.0 Å². The number of methoxy groups -OCH3 is 1. The maximum atomic E-state index is 13.7. The van der Waals surface area contributed by atoms with E-state index < -0.39 is 17.7 Å². The molecule has 0 aliphatic carbocycles. The van der Waals surface area contributed by atoms with Gasteiger partial charge in [0.25, 0.3) is 0 Å². The van der Waals surface area contributed by atoms with Gasteiger partial charge < -0.3 is 29.1 Å². The molecule has 0 bridgehead atoms. The van der Waals surface area contributed by atoms with Gasteiger partial charge in [-0.05, 0) is 54.8 Å². The number of hydrogen-bond donors (Lipinski definition) is 1. The number of hydrogen-bond acceptors (Lipinski definition) is 8. The van der Waals surface area contributed by atoms with Crippen LogP contribution in [0.15, 0.2) is 70.5 Å². The van der Waals surface area contributed by atoms with E-state index in [9.17, 15) is 14.4 Å². The normalized spacial score (nSPS) is 14.5. The lowest BCUT2D eigenvalue weighted by Gasteiger charge is -2.27. The lowest BCUT2D eigenvalue weighted by Crippen LogP contribution is -2.21. The van der Waals surface area contributed by atoms with Gasteiger partial charge in [-0.15, -0.1) is 0 Å². The highest BCUT2D eigenvalue weighted by atomic mass is 19.1. The zero-order chi connectivity index (χ0) is 28.6. The lowest BCUT2D eigenvalue weighted by atomic mass is 9.83. The molecule has 0 saturated heterocycles. The van der Waals surface area contributed by atoms with E-state index in [-0.39, 0.29) is 23.0 Å². The SMILES string of the molecule is COc1cc(C2C(C#N)=C(N)Oc3cc(OC(=O)c4oc5ccc(F)cc5c4C)ccc32)ccc1OCC(C)C. The average molecular weight is 543 g/mol. The molecule has 204 valence electrons. The second-order valence-corrected chi connectivity index (χ2v) is 9.83. The highest BCUT2D eigenvalue weighted by Gasteiger charge is 2.32. The molecular formula is C31H27FN2O6. The van der Waals surface area contributed by atoms with Gasteiger partial charge in [0.15, 0.2) is 11.5 Å². The minimum absolute atomic E-state index is 0.0323. The summed E-state index contributed by atoms with van der Waals surface area (Å²) in [7, 11) is 1.55. The summed E-state index contributed by atoms with van der Waals surface area (Å²) in [5, 5.41) is 10.4. The molecule has 8 nitrogen and oxygen atoms in total. The molecule has 5 rings (SSSR count). The predicted octanol–water partition coefficient (Wildman–Crippen LogP) is 6.36. The molecular weight excluding hydrogens is 515 g/mol. The first-order valence-corrected chi connectivity index (χ1v) is 12.6. The Kier molecular flexibility index (Phi) is 7.09. The van der Waals surface area contributed by atoms with Gasteiger partial charge in [0.2, 0.25) is 11.6 Å². The zero-order valence-corrected chi connectivity index (χ0v) is 22.4. The predicted molar refractivity (Wildman–Crippen MR) is 145 cm³/mol. The second kappa shape index (κ2) is 10.7. The molecule has 40 heavy (non-hydrogen) atoms. The van der Waals surface area contributed by atoms with Crippen LogP contribution in [0.4, 0.5) is 4.39 Å². The maximum absolute atomic E-state index is 13.7. The molecule has 0 fully saturated rings. The fraction of sp³-hybridized carbons (Fsp3) is 0.226. The van der Waals surface area contributed by atoms with Crippen molar-refractivity contribution in [2.75, 3.05) is 13.7 Å². The number of carbonyl (C=O) groups is 1. The van der Waals surface area contributed by atoms with Crippen molar-refractivity contribution in [3.8, 4) is 29.1 Å². The van der Waals surface area contributed by atoms with Crippen LogP contribution in [0.5, 0.6) is 23.0 Å². The number of nitrogens with two attached hydrogens (primary N) is 1. The first-order chi connectivity index (χ1) is 19.2. The van der Waals surface area contributed by atoms with E-state index in [0.717, 1.165) is 5.56 Å². The van der Waals surface area contributed by atoms with Gasteiger partial charge in [0.1, 0.15) is 34.5 Å². The molecule has 0 spiro atoms. The Morgan fingerprint density at radius 1 is 1.12 bits per heavy atom. The van der Waals surface area contributed by atoms with Crippen molar-refractivity contribution in [3.05, 3.63) is 94.3 Å². The largest absolute Gasteiger partial charge is 0.493 e. The molecule has 1 atom stereocenters. The van der Waals surface area contributed by atoms with E-state index in [1.54, 1.807) is 38.3 Å². The summed E-state index contributed by atoms with van der Waals surface area (Å²) in [6, 6.07) is 16.5. The third kappa shape index (κ3) is 4.92. The van der Waals surface area contributed by atoms with Crippen molar-refractivity contribution in [1.29, 1.82) is 5.26 Å². The Bertz CT molecular complexity index is 1700. The summed E-state index contributed by atoms with van der Waals surface area (Å²) in [5.74, 6) is 0.127. The number of benzene rings is 3. The fourth-order valence-electron chi connectivity index (χ4n) is 4.62. The minimum atomic E-state index is -0.746. The van der Waals surface area contributed by atoms with E-state index in [1.165, 1.54) is 24.3 Å². The molecule has 9 heteroatoms. The van der Waals surface area contributed by atoms with Crippen molar-refractivity contribution >= 4 is 16.9 Å². The molecule has 1 aliphatic rings. The van der Waals surface area contributed by atoms with Gasteiger partial charge in [0, 0.05) is 22.6 Å². The third-order valence-electron chi connectivity index (χ3n) is 6.58.